The average molecular weight is 354 g/mol. The summed E-state index contributed by atoms with van der Waals surface area (Å²) < 4.78 is 31.4. The molecule has 2 N–H and O–H groups in total. The number of ether oxygens (including phenoxy) is 4. The van der Waals surface area contributed by atoms with Gasteiger partial charge in [-0.1, -0.05) is 0 Å². The SMILES string of the molecule is CC(=O)OC[C@H]1O[C@H](P(=O)(O)O)C[C@@H](OC(C)=O)[C@@H]1OC(C)=O. The van der Waals surface area contributed by atoms with Gasteiger partial charge >= 0.3 is 25.5 Å². The van der Waals surface area contributed by atoms with Gasteiger partial charge in [0.1, 0.15) is 18.8 Å². The van der Waals surface area contributed by atoms with Crippen LogP contribution in [0, 0.1) is 0 Å². The maximum Gasteiger partial charge on any atom is 0.354 e. The monoisotopic (exact) mass is 354 g/mol. The van der Waals surface area contributed by atoms with Crippen molar-refractivity contribution in [3.8, 4) is 0 Å². The average Bonchev–Trinajstić information content (AvgIpc) is 2.36. The molecule has 0 spiro atoms. The summed E-state index contributed by atoms with van der Waals surface area (Å²) in [6.07, 6.45) is -3.83. The first-order chi connectivity index (χ1) is 10.5. The maximum atomic E-state index is 11.4. The number of carbonyl (C=O) groups is 3. The lowest BCUT2D eigenvalue weighted by atomic mass is 10.0. The summed E-state index contributed by atoms with van der Waals surface area (Å²) in [7, 11) is -4.66. The molecule has 1 rings (SSSR count). The van der Waals surface area contributed by atoms with Crippen LogP contribution in [0.15, 0.2) is 0 Å². The Kier molecular flexibility index (Phi) is 6.69. The van der Waals surface area contributed by atoms with Gasteiger partial charge in [0.05, 0.1) is 0 Å². The molecule has 0 bridgehead atoms. The van der Waals surface area contributed by atoms with Crippen molar-refractivity contribution in [2.45, 2.75) is 51.3 Å². The summed E-state index contributed by atoms with van der Waals surface area (Å²) in [4.78, 5) is 51.9. The minimum atomic E-state index is -4.66. The predicted octanol–water partition coefficient (Wildman–Crippen LogP) is -0.294. The van der Waals surface area contributed by atoms with Gasteiger partial charge in [0.2, 0.25) is 0 Å². The van der Waals surface area contributed by atoms with E-state index >= 15 is 0 Å². The highest BCUT2D eigenvalue weighted by atomic mass is 31.2. The van der Waals surface area contributed by atoms with Gasteiger partial charge in [0, 0.05) is 27.2 Å². The van der Waals surface area contributed by atoms with E-state index in [0.717, 1.165) is 20.8 Å². The number of carbonyl (C=O) groups excluding carboxylic acids is 3. The zero-order valence-corrected chi connectivity index (χ0v) is 13.7. The Morgan fingerprint density at radius 1 is 1.09 bits per heavy atom. The molecule has 4 atom stereocenters. The Labute approximate surface area is 132 Å². The van der Waals surface area contributed by atoms with E-state index in [4.69, 9.17) is 18.9 Å². The fraction of sp³-hybridized carbons (Fsp3) is 0.750. The first-order valence-corrected chi connectivity index (χ1v) is 8.37. The van der Waals surface area contributed by atoms with Crippen molar-refractivity contribution in [2.24, 2.45) is 0 Å². The first-order valence-electron chi connectivity index (χ1n) is 6.69. The molecule has 0 amide bonds. The molecule has 0 aliphatic carbocycles. The summed E-state index contributed by atoms with van der Waals surface area (Å²) in [5.41, 5.74) is 0. The molecule has 0 aromatic carbocycles. The molecule has 1 aliphatic heterocycles. The van der Waals surface area contributed by atoms with Crippen LogP contribution < -0.4 is 0 Å². The molecule has 1 heterocycles. The van der Waals surface area contributed by atoms with Gasteiger partial charge in [-0.3, -0.25) is 18.9 Å². The van der Waals surface area contributed by atoms with E-state index in [2.05, 4.69) is 0 Å². The van der Waals surface area contributed by atoms with Crippen LogP contribution in [0.2, 0.25) is 0 Å². The molecule has 1 aliphatic rings. The summed E-state index contributed by atoms with van der Waals surface area (Å²) in [5, 5.41) is 0. The molecule has 11 heteroatoms. The van der Waals surface area contributed by atoms with E-state index < -0.39 is 56.3 Å². The molecule has 0 saturated carbocycles. The highest BCUT2D eigenvalue weighted by Gasteiger charge is 2.48. The van der Waals surface area contributed by atoms with Gasteiger partial charge in [-0.05, 0) is 0 Å². The minimum Gasteiger partial charge on any atom is -0.463 e. The zero-order valence-electron chi connectivity index (χ0n) is 12.8. The predicted molar refractivity (Wildman–Crippen MR) is 73.1 cm³/mol. The lowest BCUT2D eigenvalue weighted by Gasteiger charge is -2.40. The van der Waals surface area contributed by atoms with Crippen LogP contribution in [-0.2, 0) is 37.9 Å². The third-order valence-electron chi connectivity index (χ3n) is 2.94. The van der Waals surface area contributed by atoms with Crippen LogP contribution >= 0.6 is 7.60 Å². The second-order valence-electron chi connectivity index (χ2n) is 4.98. The molecule has 132 valence electrons. The molecule has 0 aromatic heterocycles. The van der Waals surface area contributed by atoms with E-state index in [0.29, 0.717) is 0 Å². The van der Waals surface area contributed by atoms with Crippen LogP contribution in [0.1, 0.15) is 27.2 Å². The van der Waals surface area contributed by atoms with Gasteiger partial charge in [-0.25, -0.2) is 0 Å². The Morgan fingerprint density at radius 3 is 2.09 bits per heavy atom. The number of hydrogen-bond donors (Lipinski definition) is 2. The molecule has 0 radical (unpaired) electrons. The normalized spacial score (nSPS) is 27.9. The van der Waals surface area contributed by atoms with Gasteiger partial charge in [-0.15, -0.1) is 0 Å². The van der Waals surface area contributed by atoms with Crippen LogP contribution in [-0.4, -0.2) is 58.5 Å². The van der Waals surface area contributed by atoms with Crippen molar-refractivity contribution in [3.05, 3.63) is 0 Å². The largest absolute Gasteiger partial charge is 0.463 e. The molecule has 1 saturated heterocycles. The van der Waals surface area contributed by atoms with E-state index in [1.54, 1.807) is 0 Å². The summed E-state index contributed by atoms with van der Waals surface area (Å²) in [6, 6.07) is 0. The van der Waals surface area contributed by atoms with Crippen molar-refractivity contribution in [1.29, 1.82) is 0 Å². The van der Waals surface area contributed by atoms with Gasteiger partial charge in [0.15, 0.2) is 11.9 Å². The number of hydrogen-bond acceptors (Lipinski definition) is 8. The van der Waals surface area contributed by atoms with Crippen LogP contribution in [0.3, 0.4) is 0 Å². The van der Waals surface area contributed by atoms with Gasteiger partial charge < -0.3 is 28.7 Å². The molecular weight excluding hydrogens is 335 g/mol. The lowest BCUT2D eigenvalue weighted by Crippen LogP contribution is -2.53. The molecule has 0 aromatic rings. The molecular formula is C12H19O10P. The van der Waals surface area contributed by atoms with Crippen LogP contribution in [0.4, 0.5) is 0 Å². The molecule has 23 heavy (non-hydrogen) atoms. The topological polar surface area (TPSA) is 146 Å². The van der Waals surface area contributed by atoms with E-state index in [-0.39, 0.29) is 6.42 Å². The Balaban J connectivity index is 3.05. The fourth-order valence-electron chi connectivity index (χ4n) is 2.13. The zero-order chi connectivity index (χ0) is 17.8. The molecule has 1 fully saturated rings. The third-order valence-corrected chi connectivity index (χ3v) is 4.03. The Bertz CT molecular complexity index is 512. The van der Waals surface area contributed by atoms with Crippen molar-refractivity contribution < 1.29 is 47.7 Å². The first kappa shape index (κ1) is 19.6. The molecule has 10 nitrogen and oxygen atoms in total. The van der Waals surface area contributed by atoms with Crippen molar-refractivity contribution in [3.63, 3.8) is 0 Å². The fourth-order valence-corrected chi connectivity index (χ4v) is 2.93. The maximum absolute atomic E-state index is 11.4. The summed E-state index contributed by atoms with van der Waals surface area (Å²) >= 11 is 0. The minimum absolute atomic E-state index is 0.363. The quantitative estimate of drug-likeness (QED) is 0.383. The smallest absolute Gasteiger partial charge is 0.354 e. The Hall–Kier alpha value is -1.48. The highest BCUT2D eigenvalue weighted by Crippen LogP contribution is 2.47. The summed E-state index contributed by atoms with van der Waals surface area (Å²) in [5.74, 6) is -3.65. The second kappa shape index (κ2) is 7.87. The van der Waals surface area contributed by atoms with Crippen molar-refractivity contribution in [1.82, 2.24) is 0 Å². The highest BCUT2D eigenvalue weighted by molar-refractivity contribution is 7.52. The van der Waals surface area contributed by atoms with E-state index in [9.17, 15) is 28.7 Å². The standard InChI is InChI=1S/C12H19O10P/c1-6(13)19-5-10-12(21-8(3)15)9(20-7(2)14)4-11(22-10)23(16,17)18/h9-12H,4-5H2,1-3H3,(H2,16,17,18)/t9-,10-,11-,12+/m1/s1. The second-order valence-corrected chi connectivity index (χ2v) is 6.73. The van der Waals surface area contributed by atoms with E-state index in [1.165, 1.54) is 0 Å². The van der Waals surface area contributed by atoms with Crippen molar-refractivity contribution >= 4 is 25.5 Å². The number of esters is 3. The van der Waals surface area contributed by atoms with E-state index in [1.807, 2.05) is 0 Å². The van der Waals surface area contributed by atoms with Gasteiger partial charge in [-0.2, -0.15) is 0 Å². The number of rotatable bonds is 5. The summed E-state index contributed by atoms with van der Waals surface area (Å²) in [6.45, 7) is 2.94. The van der Waals surface area contributed by atoms with Gasteiger partial charge in [0.25, 0.3) is 0 Å². The molecule has 0 unspecified atom stereocenters. The third kappa shape index (κ3) is 6.26. The Morgan fingerprint density at radius 2 is 1.65 bits per heavy atom. The lowest BCUT2D eigenvalue weighted by molar-refractivity contribution is -0.207. The van der Waals surface area contributed by atoms with Crippen molar-refractivity contribution in [2.75, 3.05) is 6.61 Å². The van der Waals surface area contributed by atoms with Crippen LogP contribution in [0.25, 0.3) is 0 Å². The van der Waals surface area contributed by atoms with Crippen LogP contribution in [0.5, 0.6) is 0 Å².